The first kappa shape index (κ1) is 15.1. The molecule has 0 saturated heterocycles. The van der Waals surface area contributed by atoms with Crippen molar-refractivity contribution in [2.45, 2.75) is 31.3 Å². The van der Waals surface area contributed by atoms with Gasteiger partial charge in [0.1, 0.15) is 0 Å². The molecule has 0 amide bonds. The van der Waals surface area contributed by atoms with Crippen molar-refractivity contribution >= 4 is 23.2 Å². The molecule has 0 unspecified atom stereocenters. The highest BCUT2D eigenvalue weighted by Gasteiger charge is 2.40. The average molecular weight is 302 g/mol. The molecule has 2 nitrogen and oxygen atoms in total. The summed E-state index contributed by atoms with van der Waals surface area (Å²) in [5.74, 6) is 0.244. The van der Waals surface area contributed by atoms with Crippen LogP contribution in [-0.2, 0) is 5.60 Å². The van der Waals surface area contributed by atoms with Crippen molar-refractivity contribution in [3.8, 4) is 0 Å². The molecule has 2 rings (SSSR count). The topological polar surface area (TPSA) is 23.5 Å². The molecule has 1 N–H and O–H groups in total. The summed E-state index contributed by atoms with van der Waals surface area (Å²) < 4.78 is 0. The van der Waals surface area contributed by atoms with Crippen molar-refractivity contribution in [2.75, 3.05) is 20.6 Å². The van der Waals surface area contributed by atoms with Gasteiger partial charge in [-0.15, -0.1) is 0 Å². The Morgan fingerprint density at radius 2 is 2.00 bits per heavy atom. The average Bonchev–Trinajstić information content (AvgIpc) is 2.35. The minimum absolute atomic E-state index is 0.244. The molecule has 1 aromatic rings. The monoisotopic (exact) mass is 301 g/mol. The van der Waals surface area contributed by atoms with Gasteiger partial charge in [-0.25, -0.2) is 0 Å². The zero-order valence-corrected chi connectivity index (χ0v) is 13.0. The van der Waals surface area contributed by atoms with Crippen LogP contribution in [0.5, 0.6) is 0 Å². The molecule has 1 aromatic carbocycles. The molecule has 0 heterocycles. The quantitative estimate of drug-likeness (QED) is 0.914. The van der Waals surface area contributed by atoms with E-state index in [1.165, 1.54) is 6.42 Å². The summed E-state index contributed by atoms with van der Waals surface area (Å²) in [6.07, 6.45) is 4.08. The standard InChI is InChI=1S/C15H21Cl2NO/c1-18(2)10-12-5-3-4-8-15(12,19)11-6-7-13(16)14(17)9-11/h6-7,9,12,19H,3-5,8,10H2,1-2H3/t12-,15+/m1/s1. The van der Waals surface area contributed by atoms with Crippen LogP contribution in [0.1, 0.15) is 31.2 Å². The highest BCUT2D eigenvalue weighted by atomic mass is 35.5. The van der Waals surface area contributed by atoms with E-state index in [0.717, 1.165) is 31.4 Å². The van der Waals surface area contributed by atoms with Gasteiger partial charge in [0.05, 0.1) is 15.6 Å². The maximum Gasteiger partial charge on any atom is 0.0937 e. The molecule has 1 aliphatic rings. The molecule has 1 saturated carbocycles. The zero-order valence-electron chi connectivity index (χ0n) is 11.5. The van der Waals surface area contributed by atoms with Gasteiger partial charge in [-0.05, 0) is 44.6 Å². The van der Waals surface area contributed by atoms with Gasteiger partial charge in [-0.1, -0.05) is 42.1 Å². The number of hydrogen-bond acceptors (Lipinski definition) is 2. The molecule has 0 bridgehead atoms. The lowest BCUT2D eigenvalue weighted by Crippen LogP contribution is -2.43. The molecule has 106 valence electrons. The second-order valence-corrected chi connectivity index (χ2v) is 6.57. The summed E-state index contributed by atoms with van der Waals surface area (Å²) in [4.78, 5) is 2.14. The molecule has 1 aliphatic carbocycles. The van der Waals surface area contributed by atoms with E-state index in [-0.39, 0.29) is 5.92 Å². The van der Waals surface area contributed by atoms with Gasteiger partial charge >= 0.3 is 0 Å². The Hall–Kier alpha value is -0.280. The second-order valence-electron chi connectivity index (χ2n) is 5.76. The summed E-state index contributed by atoms with van der Waals surface area (Å²) in [7, 11) is 4.09. The summed E-state index contributed by atoms with van der Waals surface area (Å²) in [6, 6.07) is 5.50. The van der Waals surface area contributed by atoms with Crippen molar-refractivity contribution in [3.05, 3.63) is 33.8 Å². The minimum Gasteiger partial charge on any atom is -0.385 e. The fraction of sp³-hybridized carbons (Fsp3) is 0.600. The molecule has 2 atom stereocenters. The van der Waals surface area contributed by atoms with Crippen LogP contribution < -0.4 is 0 Å². The van der Waals surface area contributed by atoms with Crippen molar-refractivity contribution in [1.29, 1.82) is 0 Å². The Bertz CT molecular complexity index is 450. The molecule has 0 spiro atoms. The van der Waals surface area contributed by atoms with E-state index in [2.05, 4.69) is 4.90 Å². The number of nitrogens with zero attached hydrogens (tertiary/aromatic N) is 1. The first-order valence-electron chi connectivity index (χ1n) is 6.76. The van der Waals surface area contributed by atoms with Crippen molar-refractivity contribution in [3.63, 3.8) is 0 Å². The molecular weight excluding hydrogens is 281 g/mol. The zero-order chi connectivity index (χ0) is 14.0. The third kappa shape index (κ3) is 3.25. The summed E-state index contributed by atoms with van der Waals surface area (Å²) >= 11 is 12.1. The van der Waals surface area contributed by atoms with Crippen molar-refractivity contribution in [2.24, 2.45) is 5.92 Å². The lowest BCUT2D eigenvalue weighted by molar-refractivity contribution is -0.0618. The van der Waals surface area contributed by atoms with Crippen molar-refractivity contribution in [1.82, 2.24) is 4.90 Å². The maximum absolute atomic E-state index is 11.1. The SMILES string of the molecule is CN(C)C[C@H]1CCCC[C@]1(O)c1ccc(Cl)c(Cl)c1. The van der Waals surface area contributed by atoms with Crippen LogP contribution >= 0.6 is 23.2 Å². The Labute approximate surface area is 125 Å². The first-order valence-corrected chi connectivity index (χ1v) is 7.51. The number of hydrogen-bond donors (Lipinski definition) is 1. The molecule has 0 aromatic heterocycles. The minimum atomic E-state index is -0.781. The predicted molar refractivity (Wildman–Crippen MR) is 80.9 cm³/mol. The van der Waals surface area contributed by atoms with Gasteiger partial charge < -0.3 is 10.0 Å². The predicted octanol–water partition coefficient (Wildman–Crippen LogP) is 3.93. The molecule has 4 heteroatoms. The Balaban J connectivity index is 2.33. The van der Waals surface area contributed by atoms with E-state index < -0.39 is 5.60 Å². The Morgan fingerprint density at radius 3 is 2.63 bits per heavy atom. The first-order chi connectivity index (χ1) is 8.93. The lowest BCUT2D eigenvalue weighted by atomic mass is 9.71. The van der Waals surface area contributed by atoms with Gasteiger partial charge in [0.15, 0.2) is 0 Å². The molecule has 1 fully saturated rings. The van der Waals surface area contributed by atoms with Crippen LogP contribution in [0.4, 0.5) is 0 Å². The second kappa shape index (κ2) is 6.01. The summed E-state index contributed by atoms with van der Waals surface area (Å²) in [6.45, 7) is 0.886. The fourth-order valence-electron chi connectivity index (χ4n) is 3.06. The van der Waals surface area contributed by atoms with Gasteiger partial charge in [0.2, 0.25) is 0 Å². The van der Waals surface area contributed by atoms with Crippen LogP contribution in [0.2, 0.25) is 10.0 Å². The summed E-state index contributed by atoms with van der Waals surface area (Å²) in [5.41, 5.74) is 0.116. The van der Waals surface area contributed by atoms with E-state index in [0.29, 0.717) is 10.0 Å². The summed E-state index contributed by atoms with van der Waals surface area (Å²) in [5, 5.41) is 12.2. The number of aliphatic hydroxyl groups is 1. The molecule has 19 heavy (non-hydrogen) atoms. The van der Waals surface area contributed by atoms with Crippen molar-refractivity contribution < 1.29 is 5.11 Å². The third-order valence-corrected chi connectivity index (χ3v) is 4.78. The van der Waals surface area contributed by atoms with E-state index in [4.69, 9.17) is 23.2 Å². The lowest BCUT2D eigenvalue weighted by Gasteiger charge is -2.41. The number of halogens is 2. The van der Waals surface area contributed by atoms with Crippen LogP contribution in [0.15, 0.2) is 18.2 Å². The molecule has 0 aliphatic heterocycles. The van der Waals surface area contributed by atoms with E-state index in [1.54, 1.807) is 6.07 Å². The Morgan fingerprint density at radius 1 is 1.26 bits per heavy atom. The maximum atomic E-state index is 11.1. The Kier molecular flexibility index (Phi) is 4.78. The highest BCUT2D eigenvalue weighted by molar-refractivity contribution is 6.42. The number of benzene rings is 1. The van der Waals surface area contributed by atoms with Gasteiger partial charge in [0.25, 0.3) is 0 Å². The van der Waals surface area contributed by atoms with Gasteiger partial charge in [-0.3, -0.25) is 0 Å². The van der Waals surface area contributed by atoms with Crippen LogP contribution in [0, 0.1) is 5.92 Å². The largest absolute Gasteiger partial charge is 0.385 e. The smallest absolute Gasteiger partial charge is 0.0937 e. The van der Waals surface area contributed by atoms with Crippen LogP contribution in [0.25, 0.3) is 0 Å². The highest BCUT2D eigenvalue weighted by Crippen LogP contribution is 2.43. The van der Waals surface area contributed by atoms with Crippen LogP contribution in [-0.4, -0.2) is 30.6 Å². The van der Waals surface area contributed by atoms with Gasteiger partial charge in [0, 0.05) is 12.5 Å². The fourth-order valence-corrected chi connectivity index (χ4v) is 3.35. The number of rotatable bonds is 3. The molecular formula is C15H21Cl2NO. The van der Waals surface area contributed by atoms with E-state index in [9.17, 15) is 5.11 Å². The van der Waals surface area contributed by atoms with Gasteiger partial charge in [-0.2, -0.15) is 0 Å². The molecule has 0 radical (unpaired) electrons. The van der Waals surface area contributed by atoms with Crippen LogP contribution in [0.3, 0.4) is 0 Å². The van der Waals surface area contributed by atoms with E-state index >= 15 is 0 Å². The normalized spacial score (nSPS) is 27.8. The third-order valence-electron chi connectivity index (χ3n) is 4.04. The van der Waals surface area contributed by atoms with E-state index in [1.807, 2.05) is 26.2 Å².